The highest BCUT2D eigenvalue weighted by Crippen LogP contribution is 2.33. The van der Waals surface area contributed by atoms with E-state index in [1.807, 2.05) is 0 Å². The van der Waals surface area contributed by atoms with E-state index >= 15 is 0 Å². The zero-order valence-electron chi connectivity index (χ0n) is 21.2. The highest BCUT2D eigenvalue weighted by atomic mass is 16.5. The largest absolute Gasteiger partial charge is 0.497 e. The summed E-state index contributed by atoms with van der Waals surface area (Å²) in [6.07, 6.45) is 3.61. The second-order valence-electron chi connectivity index (χ2n) is 10.0. The van der Waals surface area contributed by atoms with Crippen molar-refractivity contribution in [2.24, 2.45) is 5.92 Å². The molecule has 5 rings (SSSR count). The van der Waals surface area contributed by atoms with Crippen molar-refractivity contribution in [3.05, 3.63) is 53.6 Å². The van der Waals surface area contributed by atoms with Gasteiger partial charge in [-0.15, -0.1) is 0 Å². The first-order valence-corrected chi connectivity index (χ1v) is 12.8. The summed E-state index contributed by atoms with van der Waals surface area (Å²) in [6.45, 7) is 1.02. The molecule has 0 bridgehead atoms. The first kappa shape index (κ1) is 25.1. The third-order valence-corrected chi connectivity index (χ3v) is 7.32. The number of anilines is 1. The number of fused-ring (bicyclic) bond motifs is 2. The number of rotatable bonds is 7. The Bertz CT molecular complexity index is 1160. The van der Waals surface area contributed by atoms with Crippen molar-refractivity contribution < 1.29 is 28.6 Å². The molecule has 1 saturated carbocycles. The van der Waals surface area contributed by atoms with E-state index in [2.05, 4.69) is 10.6 Å². The molecule has 2 fully saturated rings. The number of carbonyl (C=O) groups is 3. The molecule has 2 aliphatic heterocycles. The monoisotopic (exact) mass is 507 g/mol. The molecule has 2 aromatic rings. The summed E-state index contributed by atoms with van der Waals surface area (Å²) < 4.78 is 17.4. The van der Waals surface area contributed by atoms with E-state index in [1.165, 1.54) is 12.8 Å². The molecule has 0 unspecified atom stereocenters. The van der Waals surface area contributed by atoms with E-state index in [4.69, 9.17) is 14.2 Å². The van der Waals surface area contributed by atoms with Gasteiger partial charge in [0.25, 0.3) is 11.8 Å². The molecule has 3 aliphatic rings. The first-order chi connectivity index (χ1) is 17.9. The van der Waals surface area contributed by atoms with Gasteiger partial charge in [0.15, 0.2) is 0 Å². The Morgan fingerprint density at radius 3 is 2.59 bits per heavy atom. The van der Waals surface area contributed by atoms with E-state index in [1.54, 1.807) is 61.5 Å². The van der Waals surface area contributed by atoms with Crippen LogP contribution in [0.4, 0.5) is 5.69 Å². The van der Waals surface area contributed by atoms with Crippen LogP contribution in [0.15, 0.2) is 42.5 Å². The molecule has 9 nitrogen and oxygen atoms in total. The number of carbonyl (C=O) groups excluding carboxylic acids is 3. The molecule has 1 saturated heterocycles. The number of benzene rings is 2. The SMILES string of the molecule is COc1ccc(C(=O)Nc2ccc3c(c2)C(=O)N(C)[C@H]2CC[C@H](CC(=O)NCC4CC4)O[C@@H]2CO3)cc1. The molecule has 0 radical (unpaired) electrons. The number of nitrogens with zero attached hydrogens (tertiary/aromatic N) is 1. The van der Waals surface area contributed by atoms with Gasteiger partial charge in [0.05, 0.1) is 31.2 Å². The molecule has 9 heteroatoms. The maximum absolute atomic E-state index is 13.4. The van der Waals surface area contributed by atoms with Crippen LogP contribution in [0.1, 0.15) is 52.8 Å². The van der Waals surface area contributed by atoms with Crippen molar-refractivity contribution in [1.29, 1.82) is 0 Å². The van der Waals surface area contributed by atoms with Gasteiger partial charge in [0.2, 0.25) is 5.91 Å². The van der Waals surface area contributed by atoms with Gasteiger partial charge in [-0.1, -0.05) is 0 Å². The number of ether oxygens (including phenoxy) is 3. The summed E-state index contributed by atoms with van der Waals surface area (Å²) >= 11 is 0. The Hall–Kier alpha value is -3.59. The number of nitrogens with one attached hydrogen (secondary N) is 2. The van der Waals surface area contributed by atoms with Gasteiger partial charge >= 0.3 is 0 Å². The normalized spacial score (nSPS) is 23.0. The van der Waals surface area contributed by atoms with Gasteiger partial charge in [-0.25, -0.2) is 0 Å². The van der Waals surface area contributed by atoms with Gasteiger partial charge in [-0.2, -0.15) is 0 Å². The Kier molecular flexibility index (Phi) is 7.32. The lowest BCUT2D eigenvalue weighted by Gasteiger charge is -2.42. The standard InChI is InChI=1S/C28H33N3O6/c1-31-23-11-10-21(14-26(32)29-15-17-3-4-17)37-25(23)16-36-24-12-7-19(13-22(24)28(31)34)30-27(33)18-5-8-20(35-2)9-6-18/h5-9,12-13,17,21,23,25H,3-4,10-11,14-16H2,1-2H3,(H,29,32)(H,30,33)/t21-,23+,25-/m1/s1. The molecule has 3 amide bonds. The minimum Gasteiger partial charge on any atom is -0.497 e. The molecule has 37 heavy (non-hydrogen) atoms. The highest BCUT2D eigenvalue weighted by molar-refractivity contribution is 6.05. The number of amides is 3. The number of hydrogen-bond donors (Lipinski definition) is 2. The quantitative estimate of drug-likeness (QED) is 0.596. The van der Waals surface area contributed by atoms with Crippen LogP contribution in [0, 0.1) is 5.92 Å². The van der Waals surface area contributed by atoms with Crippen molar-refractivity contribution in [1.82, 2.24) is 10.2 Å². The second kappa shape index (κ2) is 10.8. The average Bonchev–Trinajstić information content (AvgIpc) is 3.74. The molecule has 1 aliphatic carbocycles. The van der Waals surface area contributed by atoms with E-state index < -0.39 is 0 Å². The molecule has 0 aromatic heterocycles. The predicted molar refractivity (Wildman–Crippen MR) is 137 cm³/mol. The van der Waals surface area contributed by atoms with Crippen LogP contribution in [0.5, 0.6) is 11.5 Å². The van der Waals surface area contributed by atoms with Crippen LogP contribution in [0.3, 0.4) is 0 Å². The molecule has 2 N–H and O–H groups in total. The van der Waals surface area contributed by atoms with E-state index in [0.29, 0.717) is 47.1 Å². The maximum Gasteiger partial charge on any atom is 0.257 e. The molecule has 0 spiro atoms. The minimum absolute atomic E-state index is 0.0149. The lowest BCUT2D eigenvalue weighted by atomic mass is 9.94. The Labute approximate surface area is 216 Å². The fourth-order valence-corrected chi connectivity index (χ4v) is 4.91. The van der Waals surface area contributed by atoms with Gasteiger partial charge < -0.3 is 29.7 Å². The van der Waals surface area contributed by atoms with Crippen LogP contribution < -0.4 is 20.1 Å². The lowest BCUT2D eigenvalue weighted by molar-refractivity contribution is -0.134. The number of methoxy groups -OCH3 is 1. The summed E-state index contributed by atoms with van der Waals surface area (Å²) in [5.74, 6) is 1.26. The Morgan fingerprint density at radius 1 is 1.08 bits per heavy atom. The Balaban J connectivity index is 1.24. The highest BCUT2D eigenvalue weighted by Gasteiger charge is 2.39. The first-order valence-electron chi connectivity index (χ1n) is 12.8. The van der Waals surface area contributed by atoms with Crippen molar-refractivity contribution in [2.75, 3.05) is 32.6 Å². The summed E-state index contributed by atoms with van der Waals surface area (Å²) in [6, 6.07) is 11.7. The van der Waals surface area contributed by atoms with Crippen LogP contribution in [-0.4, -0.2) is 68.2 Å². The maximum atomic E-state index is 13.4. The average molecular weight is 508 g/mol. The lowest BCUT2D eigenvalue weighted by Crippen LogP contribution is -2.54. The zero-order chi connectivity index (χ0) is 25.9. The number of hydrogen-bond acceptors (Lipinski definition) is 6. The fraction of sp³-hybridized carbons (Fsp3) is 0.464. The number of likely N-dealkylation sites (N-methyl/N-ethyl adjacent to an activating group) is 1. The van der Waals surface area contributed by atoms with Gasteiger partial charge in [0.1, 0.15) is 24.2 Å². The summed E-state index contributed by atoms with van der Waals surface area (Å²) in [4.78, 5) is 40.1. The second-order valence-corrected chi connectivity index (χ2v) is 10.0. The predicted octanol–water partition coefficient (Wildman–Crippen LogP) is 3.24. The van der Waals surface area contributed by atoms with Crippen LogP contribution >= 0.6 is 0 Å². The van der Waals surface area contributed by atoms with Crippen LogP contribution in [-0.2, 0) is 9.53 Å². The topological polar surface area (TPSA) is 106 Å². The molecular weight excluding hydrogens is 474 g/mol. The smallest absolute Gasteiger partial charge is 0.257 e. The zero-order valence-corrected chi connectivity index (χ0v) is 21.2. The van der Waals surface area contributed by atoms with Gasteiger partial charge in [-0.05, 0) is 74.1 Å². The van der Waals surface area contributed by atoms with E-state index in [-0.39, 0.29) is 42.6 Å². The summed E-state index contributed by atoms with van der Waals surface area (Å²) in [5, 5.41) is 5.85. The summed E-state index contributed by atoms with van der Waals surface area (Å²) in [7, 11) is 3.34. The van der Waals surface area contributed by atoms with Gasteiger partial charge in [-0.3, -0.25) is 14.4 Å². The van der Waals surface area contributed by atoms with Crippen LogP contribution in [0.2, 0.25) is 0 Å². The fourth-order valence-electron chi connectivity index (χ4n) is 4.91. The van der Waals surface area contributed by atoms with E-state index in [9.17, 15) is 14.4 Å². The summed E-state index contributed by atoms with van der Waals surface area (Å²) in [5.41, 5.74) is 1.36. The third-order valence-electron chi connectivity index (χ3n) is 7.32. The minimum atomic E-state index is -0.327. The van der Waals surface area contributed by atoms with Gasteiger partial charge in [0, 0.05) is 24.8 Å². The van der Waals surface area contributed by atoms with Crippen molar-refractivity contribution in [3.63, 3.8) is 0 Å². The molecule has 196 valence electrons. The third kappa shape index (κ3) is 5.88. The van der Waals surface area contributed by atoms with Crippen molar-refractivity contribution >= 4 is 23.4 Å². The molecule has 2 heterocycles. The molecule has 2 aromatic carbocycles. The van der Waals surface area contributed by atoms with Crippen molar-refractivity contribution in [3.8, 4) is 11.5 Å². The molecule has 3 atom stereocenters. The van der Waals surface area contributed by atoms with Crippen molar-refractivity contribution in [2.45, 2.75) is 50.4 Å². The van der Waals surface area contributed by atoms with E-state index in [0.717, 1.165) is 13.0 Å². The Morgan fingerprint density at radius 2 is 1.86 bits per heavy atom. The van der Waals surface area contributed by atoms with Crippen LogP contribution in [0.25, 0.3) is 0 Å². The molecular formula is C28H33N3O6.